The molecule has 9 heteroatoms. The van der Waals surface area contributed by atoms with E-state index in [1.807, 2.05) is 0 Å². The third kappa shape index (κ3) is 1.62. The van der Waals surface area contributed by atoms with E-state index in [1.165, 1.54) is 10.6 Å². The smallest absolute Gasteiger partial charge is 0.357 e. The third-order valence-electron chi connectivity index (χ3n) is 1.83. The summed E-state index contributed by atoms with van der Waals surface area (Å²) in [6.07, 6.45) is -7.87. The van der Waals surface area contributed by atoms with Gasteiger partial charge < -0.3 is 10.1 Å². The lowest BCUT2D eigenvalue weighted by Crippen LogP contribution is -2.72. The highest BCUT2D eigenvalue weighted by Gasteiger charge is 2.69. The Labute approximate surface area is 80.8 Å². The second-order valence-electron chi connectivity index (χ2n) is 2.75. The SMILES string of the molecule is COC1NC(=O)NC(=O)C1(F)C(F)(F)F. The Hall–Kier alpha value is -1.38. The van der Waals surface area contributed by atoms with E-state index >= 15 is 0 Å². The van der Waals surface area contributed by atoms with Crippen molar-refractivity contribution in [3.05, 3.63) is 0 Å². The lowest BCUT2D eigenvalue weighted by Gasteiger charge is -2.36. The number of nitrogens with one attached hydrogen (secondary N) is 2. The van der Waals surface area contributed by atoms with Crippen LogP contribution in [0, 0.1) is 0 Å². The summed E-state index contributed by atoms with van der Waals surface area (Å²) in [5.41, 5.74) is -4.28. The monoisotopic (exact) mass is 230 g/mol. The van der Waals surface area contributed by atoms with Crippen LogP contribution in [-0.2, 0) is 9.53 Å². The lowest BCUT2D eigenvalue weighted by molar-refractivity contribution is -0.259. The van der Waals surface area contributed by atoms with Gasteiger partial charge in [0.2, 0.25) is 0 Å². The summed E-state index contributed by atoms with van der Waals surface area (Å²) in [7, 11) is 0.740. The molecule has 3 amide bonds. The molecule has 0 radical (unpaired) electrons. The van der Waals surface area contributed by atoms with Gasteiger partial charge in [-0.3, -0.25) is 10.1 Å². The Bertz CT molecular complexity index is 305. The molecule has 0 aromatic heterocycles. The fraction of sp³-hybridized carbons (Fsp3) is 0.667. The van der Waals surface area contributed by atoms with Gasteiger partial charge in [-0.25, -0.2) is 9.18 Å². The first kappa shape index (κ1) is 11.7. The van der Waals surface area contributed by atoms with Gasteiger partial charge in [0.15, 0.2) is 6.23 Å². The summed E-state index contributed by atoms with van der Waals surface area (Å²) in [6.45, 7) is 0. The number of halogens is 4. The zero-order valence-corrected chi connectivity index (χ0v) is 7.31. The number of carbonyl (C=O) groups excluding carboxylic acids is 2. The maximum atomic E-state index is 13.4. The van der Waals surface area contributed by atoms with Gasteiger partial charge in [0.05, 0.1) is 0 Å². The molecule has 1 aliphatic rings. The topological polar surface area (TPSA) is 67.4 Å². The Balaban J connectivity index is 3.12. The van der Waals surface area contributed by atoms with E-state index in [4.69, 9.17) is 0 Å². The normalized spacial score (nSPS) is 32.2. The number of ether oxygens (including phenoxy) is 1. The number of urea groups is 1. The van der Waals surface area contributed by atoms with Crippen LogP contribution in [0.25, 0.3) is 0 Å². The summed E-state index contributed by atoms with van der Waals surface area (Å²) in [6, 6.07) is -1.25. The summed E-state index contributed by atoms with van der Waals surface area (Å²) in [5, 5.41) is 2.68. The zero-order valence-electron chi connectivity index (χ0n) is 7.31. The summed E-state index contributed by atoms with van der Waals surface area (Å²) < 4.78 is 54.3. The van der Waals surface area contributed by atoms with Gasteiger partial charge in [0, 0.05) is 7.11 Å². The number of hydrogen-bond acceptors (Lipinski definition) is 3. The molecule has 1 saturated heterocycles. The van der Waals surface area contributed by atoms with Crippen molar-refractivity contribution in [3.8, 4) is 0 Å². The molecule has 0 bridgehead atoms. The van der Waals surface area contributed by atoms with E-state index in [9.17, 15) is 27.2 Å². The highest BCUT2D eigenvalue weighted by molar-refractivity contribution is 6.02. The maximum Gasteiger partial charge on any atom is 0.436 e. The van der Waals surface area contributed by atoms with Crippen LogP contribution >= 0.6 is 0 Å². The van der Waals surface area contributed by atoms with Crippen LogP contribution in [0.3, 0.4) is 0 Å². The van der Waals surface area contributed by atoms with Crippen molar-refractivity contribution in [1.82, 2.24) is 10.6 Å². The van der Waals surface area contributed by atoms with E-state index in [0.717, 1.165) is 7.11 Å². The molecule has 1 aliphatic heterocycles. The second kappa shape index (κ2) is 3.33. The minimum Gasteiger partial charge on any atom is -0.357 e. The number of hydrogen-bond donors (Lipinski definition) is 2. The molecule has 2 unspecified atom stereocenters. The van der Waals surface area contributed by atoms with Crippen LogP contribution in [0.15, 0.2) is 0 Å². The number of amides is 3. The van der Waals surface area contributed by atoms with E-state index in [-0.39, 0.29) is 0 Å². The zero-order chi connectivity index (χ0) is 11.9. The molecule has 0 aromatic rings. The molecule has 5 nitrogen and oxygen atoms in total. The van der Waals surface area contributed by atoms with Crippen molar-refractivity contribution in [2.75, 3.05) is 7.11 Å². The summed E-state index contributed by atoms with van der Waals surface area (Å²) >= 11 is 0. The Morgan fingerprint density at radius 1 is 1.40 bits per heavy atom. The highest BCUT2D eigenvalue weighted by atomic mass is 19.4. The predicted octanol–water partition coefficient (Wildman–Crippen LogP) is 0.0689. The molecular formula is C6H6F4N2O3. The maximum absolute atomic E-state index is 13.4. The van der Waals surface area contributed by atoms with Crippen molar-refractivity contribution < 1.29 is 31.9 Å². The van der Waals surface area contributed by atoms with Crippen LogP contribution in [-0.4, -0.2) is 37.1 Å². The van der Waals surface area contributed by atoms with Crippen LogP contribution < -0.4 is 10.6 Å². The summed E-state index contributed by atoms with van der Waals surface area (Å²) in [4.78, 5) is 21.4. The first-order valence-electron chi connectivity index (χ1n) is 3.64. The Morgan fingerprint density at radius 3 is 2.33 bits per heavy atom. The fourth-order valence-electron chi connectivity index (χ4n) is 1.07. The quantitative estimate of drug-likeness (QED) is 0.626. The number of imide groups is 1. The number of carbonyl (C=O) groups is 2. The minimum atomic E-state index is -5.48. The molecule has 1 rings (SSSR count). The number of alkyl halides is 4. The first-order chi connectivity index (χ1) is 6.73. The largest absolute Gasteiger partial charge is 0.436 e. The highest BCUT2D eigenvalue weighted by Crippen LogP contribution is 2.38. The van der Waals surface area contributed by atoms with Crippen molar-refractivity contribution in [3.63, 3.8) is 0 Å². The molecule has 0 aromatic carbocycles. The minimum absolute atomic E-state index is 0.740. The van der Waals surface area contributed by atoms with Crippen molar-refractivity contribution in [2.24, 2.45) is 0 Å². The second-order valence-corrected chi connectivity index (χ2v) is 2.75. The number of methoxy groups -OCH3 is 1. The van der Waals surface area contributed by atoms with Crippen molar-refractivity contribution in [1.29, 1.82) is 0 Å². The molecule has 1 heterocycles. The standard InChI is InChI=1S/C6H6F4N2O3/c1-15-3-5(7,6(8,9)10)2(13)11-4(14)12-3/h3H,1H3,(H2,11,12,13,14). The lowest BCUT2D eigenvalue weighted by atomic mass is 10.0. The molecule has 0 spiro atoms. The average Bonchev–Trinajstić information content (AvgIpc) is 2.09. The Morgan fingerprint density at radius 2 is 1.93 bits per heavy atom. The molecule has 0 aliphatic carbocycles. The van der Waals surface area contributed by atoms with Gasteiger partial charge in [-0.2, -0.15) is 13.2 Å². The Kier molecular flexibility index (Phi) is 2.60. The first-order valence-corrected chi connectivity index (χ1v) is 3.64. The molecule has 0 saturated carbocycles. The molecule has 15 heavy (non-hydrogen) atoms. The van der Waals surface area contributed by atoms with Gasteiger partial charge in [-0.15, -0.1) is 0 Å². The molecule has 1 fully saturated rings. The molecule has 86 valence electrons. The van der Waals surface area contributed by atoms with Gasteiger partial charge in [-0.1, -0.05) is 0 Å². The third-order valence-corrected chi connectivity index (χ3v) is 1.83. The van der Waals surface area contributed by atoms with E-state index in [1.54, 1.807) is 0 Å². The van der Waals surface area contributed by atoms with E-state index in [0.29, 0.717) is 0 Å². The van der Waals surface area contributed by atoms with Crippen LogP contribution in [0.5, 0.6) is 0 Å². The van der Waals surface area contributed by atoms with E-state index in [2.05, 4.69) is 4.74 Å². The van der Waals surface area contributed by atoms with Gasteiger partial charge in [0.1, 0.15) is 0 Å². The van der Waals surface area contributed by atoms with Gasteiger partial charge in [-0.05, 0) is 0 Å². The van der Waals surface area contributed by atoms with Crippen LogP contribution in [0.1, 0.15) is 0 Å². The molecule has 2 atom stereocenters. The summed E-state index contributed by atoms with van der Waals surface area (Å²) in [5.74, 6) is -2.09. The van der Waals surface area contributed by atoms with E-state index < -0.39 is 30.0 Å². The fourth-order valence-corrected chi connectivity index (χ4v) is 1.07. The number of rotatable bonds is 1. The van der Waals surface area contributed by atoms with Crippen molar-refractivity contribution >= 4 is 11.9 Å². The predicted molar refractivity (Wildman–Crippen MR) is 37.4 cm³/mol. The van der Waals surface area contributed by atoms with Crippen LogP contribution in [0.4, 0.5) is 22.4 Å². The van der Waals surface area contributed by atoms with Crippen LogP contribution in [0.2, 0.25) is 0 Å². The van der Waals surface area contributed by atoms with Gasteiger partial charge in [0.25, 0.3) is 5.91 Å². The molecular weight excluding hydrogens is 224 g/mol. The molecule has 2 N–H and O–H groups in total. The van der Waals surface area contributed by atoms with Crippen molar-refractivity contribution in [2.45, 2.75) is 18.1 Å². The van der Waals surface area contributed by atoms with Gasteiger partial charge >= 0.3 is 17.9 Å². The average molecular weight is 230 g/mol.